The highest BCUT2D eigenvalue weighted by atomic mass is 16.5. The number of para-hydroxylation sites is 2. The fraction of sp³-hybridized carbons (Fsp3) is 0.467. The molecule has 0 saturated carbocycles. The van der Waals surface area contributed by atoms with E-state index in [0.29, 0.717) is 24.5 Å². The summed E-state index contributed by atoms with van der Waals surface area (Å²) in [6.45, 7) is 4.21. The third-order valence-electron chi connectivity index (χ3n) is 2.85. The van der Waals surface area contributed by atoms with Crippen LogP contribution in [0.5, 0.6) is 5.75 Å². The van der Waals surface area contributed by atoms with Gasteiger partial charge in [-0.25, -0.2) is 0 Å². The number of carboxylic acid groups (broad SMARTS) is 1. The largest absolute Gasteiger partial charge is 0.492 e. The molecule has 0 aliphatic heterocycles. The molecule has 0 bridgehead atoms. The predicted molar refractivity (Wildman–Crippen MR) is 80.6 cm³/mol. The summed E-state index contributed by atoms with van der Waals surface area (Å²) in [6.07, 6.45) is 1.22. The van der Waals surface area contributed by atoms with Crippen LogP contribution >= 0.6 is 0 Å². The monoisotopic (exact) mass is 294 g/mol. The highest BCUT2D eigenvalue weighted by Crippen LogP contribution is 2.23. The van der Waals surface area contributed by atoms with Gasteiger partial charge in [0.05, 0.1) is 18.8 Å². The Labute approximate surface area is 124 Å². The maximum atomic E-state index is 11.9. The van der Waals surface area contributed by atoms with Gasteiger partial charge in [0.15, 0.2) is 0 Å². The van der Waals surface area contributed by atoms with E-state index in [9.17, 15) is 9.59 Å². The molecule has 0 aliphatic carbocycles. The first-order chi connectivity index (χ1) is 10.1. The van der Waals surface area contributed by atoms with Crippen molar-refractivity contribution in [1.29, 1.82) is 0 Å². The maximum Gasteiger partial charge on any atom is 0.320 e. The summed E-state index contributed by atoms with van der Waals surface area (Å²) in [7, 11) is 0. The van der Waals surface area contributed by atoms with Crippen molar-refractivity contribution in [2.75, 3.05) is 18.5 Å². The van der Waals surface area contributed by atoms with Crippen molar-refractivity contribution in [3.63, 3.8) is 0 Å². The molecule has 0 aliphatic rings. The third kappa shape index (κ3) is 5.83. The molecule has 1 amide bonds. The Bertz CT molecular complexity index is 476. The average molecular weight is 294 g/mol. The molecule has 0 fully saturated rings. The Balaban J connectivity index is 2.55. The number of carbonyl (C=O) groups excluding carboxylic acids is 1. The first-order valence-electron chi connectivity index (χ1n) is 7.06. The Hall–Kier alpha value is -2.08. The Morgan fingerprint density at radius 1 is 1.29 bits per heavy atom. The van der Waals surface area contributed by atoms with Gasteiger partial charge in [0, 0.05) is 0 Å². The molecule has 1 aromatic rings. The molecule has 6 heteroatoms. The van der Waals surface area contributed by atoms with Crippen LogP contribution in [-0.4, -0.2) is 36.2 Å². The fourth-order valence-electron chi connectivity index (χ4n) is 1.86. The molecule has 1 unspecified atom stereocenters. The molecule has 6 nitrogen and oxygen atoms in total. The van der Waals surface area contributed by atoms with Crippen molar-refractivity contribution in [3.8, 4) is 5.75 Å². The van der Waals surface area contributed by atoms with Crippen LogP contribution in [0.4, 0.5) is 5.69 Å². The van der Waals surface area contributed by atoms with Gasteiger partial charge in [-0.05, 0) is 25.5 Å². The molecule has 1 rings (SSSR count). The molecule has 0 radical (unpaired) electrons. The van der Waals surface area contributed by atoms with Gasteiger partial charge in [0.2, 0.25) is 5.91 Å². The second-order valence-corrected chi connectivity index (χ2v) is 4.54. The summed E-state index contributed by atoms with van der Waals surface area (Å²) < 4.78 is 5.41. The SMILES string of the molecule is CCCC(NCC(=O)Nc1ccccc1OCC)C(=O)O. The van der Waals surface area contributed by atoms with Crippen molar-refractivity contribution in [2.45, 2.75) is 32.7 Å². The van der Waals surface area contributed by atoms with Gasteiger partial charge in [0.1, 0.15) is 11.8 Å². The number of benzene rings is 1. The molecule has 1 atom stereocenters. The van der Waals surface area contributed by atoms with Crippen LogP contribution in [0.3, 0.4) is 0 Å². The van der Waals surface area contributed by atoms with Gasteiger partial charge in [-0.15, -0.1) is 0 Å². The number of anilines is 1. The van der Waals surface area contributed by atoms with Crippen LogP contribution < -0.4 is 15.4 Å². The number of carboxylic acids is 1. The van der Waals surface area contributed by atoms with E-state index in [2.05, 4.69) is 10.6 Å². The van der Waals surface area contributed by atoms with E-state index >= 15 is 0 Å². The molecule has 21 heavy (non-hydrogen) atoms. The number of nitrogens with one attached hydrogen (secondary N) is 2. The summed E-state index contributed by atoms with van der Waals surface area (Å²) >= 11 is 0. The highest BCUT2D eigenvalue weighted by molar-refractivity contribution is 5.94. The van der Waals surface area contributed by atoms with Crippen LogP contribution in [0.2, 0.25) is 0 Å². The van der Waals surface area contributed by atoms with Crippen molar-refractivity contribution >= 4 is 17.6 Å². The lowest BCUT2D eigenvalue weighted by atomic mass is 10.2. The molecule has 1 aromatic carbocycles. The summed E-state index contributed by atoms with van der Waals surface area (Å²) in [6, 6.07) is 6.42. The summed E-state index contributed by atoms with van der Waals surface area (Å²) in [4.78, 5) is 22.9. The minimum Gasteiger partial charge on any atom is -0.492 e. The van der Waals surface area contributed by atoms with Gasteiger partial charge < -0.3 is 15.2 Å². The van der Waals surface area contributed by atoms with Crippen LogP contribution in [0, 0.1) is 0 Å². The first-order valence-corrected chi connectivity index (χ1v) is 7.06. The normalized spacial score (nSPS) is 11.7. The Kier molecular flexibility index (Phi) is 7.25. The topological polar surface area (TPSA) is 87.7 Å². The lowest BCUT2D eigenvalue weighted by molar-refractivity contribution is -0.139. The van der Waals surface area contributed by atoms with Gasteiger partial charge in [-0.3, -0.25) is 14.9 Å². The number of carbonyl (C=O) groups is 2. The third-order valence-corrected chi connectivity index (χ3v) is 2.85. The van der Waals surface area contributed by atoms with Crippen molar-refractivity contribution in [3.05, 3.63) is 24.3 Å². The summed E-state index contributed by atoms with van der Waals surface area (Å²) in [5.41, 5.74) is 0.577. The molecule has 3 N–H and O–H groups in total. The van der Waals surface area contributed by atoms with Crippen molar-refractivity contribution in [1.82, 2.24) is 5.32 Å². The zero-order valence-corrected chi connectivity index (χ0v) is 12.4. The smallest absolute Gasteiger partial charge is 0.320 e. The molecule has 0 saturated heterocycles. The molecule has 116 valence electrons. The number of hydrogen-bond donors (Lipinski definition) is 3. The number of hydrogen-bond acceptors (Lipinski definition) is 4. The zero-order chi connectivity index (χ0) is 15.7. The Morgan fingerprint density at radius 2 is 2.00 bits per heavy atom. The second-order valence-electron chi connectivity index (χ2n) is 4.54. The van der Waals surface area contributed by atoms with Crippen LogP contribution in [-0.2, 0) is 9.59 Å². The van der Waals surface area contributed by atoms with Gasteiger partial charge in [0.25, 0.3) is 0 Å². The lowest BCUT2D eigenvalue weighted by Gasteiger charge is -2.14. The molecular formula is C15H22N2O4. The van der Waals surface area contributed by atoms with Crippen LogP contribution in [0.15, 0.2) is 24.3 Å². The second kappa shape index (κ2) is 8.97. The number of rotatable bonds is 9. The summed E-state index contributed by atoms with van der Waals surface area (Å²) in [5.74, 6) is -0.652. The fourth-order valence-corrected chi connectivity index (χ4v) is 1.86. The quantitative estimate of drug-likeness (QED) is 0.647. The average Bonchev–Trinajstić information content (AvgIpc) is 2.45. The Morgan fingerprint density at radius 3 is 2.62 bits per heavy atom. The van der Waals surface area contributed by atoms with E-state index in [4.69, 9.17) is 9.84 Å². The van der Waals surface area contributed by atoms with E-state index in [-0.39, 0.29) is 12.5 Å². The molecule has 0 heterocycles. The predicted octanol–water partition coefficient (Wildman–Crippen LogP) is 1.87. The number of ether oxygens (including phenoxy) is 1. The molecule has 0 spiro atoms. The van der Waals surface area contributed by atoms with Gasteiger partial charge in [-0.1, -0.05) is 25.5 Å². The molecule has 0 aromatic heterocycles. The first kappa shape index (κ1) is 17.0. The number of aliphatic carboxylic acids is 1. The van der Waals surface area contributed by atoms with Crippen molar-refractivity contribution in [2.24, 2.45) is 0 Å². The van der Waals surface area contributed by atoms with E-state index in [1.807, 2.05) is 19.9 Å². The van der Waals surface area contributed by atoms with Crippen LogP contribution in [0.1, 0.15) is 26.7 Å². The van der Waals surface area contributed by atoms with Crippen molar-refractivity contribution < 1.29 is 19.4 Å². The lowest BCUT2D eigenvalue weighted by Crippen LogP contribution is -2.41. The maximum absolute atomic E-state index is 11.9. The van der Waals surface area contributed by atoms with Gasteiger partial charge >= 0.3 is 5.97 Å². The van der Waals surface area contributed by atoms with Gasteiger partial charge in [-0.2, -0.15) is 0 Å². The van der Waals surface area contributed by atoms with E-state index < -0.39 is 12.0 Å². The highest BCUT2D eigenvalue weighted by Gasteiger charge is 2.17. The summed E-state index contributed by atoms with van der Waals surface area (Å²) in [5, 5.41) is 14.5. The minimum atomic E-state index is -0.945. The number of amides is 1. The van der Waals surface area contributed by atoms with E-state index in [1.54, 1.807) is 18.2 Å². The standard InChI is InChI=1S/C15H22N2O4/c1-3-7-12(15(19)20)16-10-14(18)17-11-8-5-6-9-13(11)21-4-2/h5-6,8-9,12,16H,3-4,7,10H2,1-2H3,(H,17,18)(H,19,20). The minimum absolute atomic E-state index is 0.0581. The zero-order valence-electron chi connectivity index (χ0n) is 12.4. The van der Waals surface area contributed by atoms with Crippen LogP contribution in [0.25, 0.3) is 0 Å². The molecular weight excluding hydrogens is 272 g/mol. The van der Waals surface area contributed by atoms with E-state index in [0.717, 1.165) is 6.42 Å². The van der Waals surface area contributed by atoms with E-state index in [1.165, 1.54) is 0 Å².